The number of hydrogen-bond acceptors (Lipinski definition) is 3. The Morgan fingerprint density at radius 3 is 2.82 bits per heavy atom. The summed E-state index contributed by atoms with van der Waals surface area (Å²) in [5.41, 5.74) is 4.87. The molecule has 4 heteroatoms. The first-order valence-electron chi connectivity index (χ1n) is 9.54. The Kier molecular flexibility index (Phi) is 4.63. The van der Waals surface area contributed by atoms with Gasteiger partial charge in [0.2, 0.25) is 5.91 Å². The number of fused-ring (bicyclic) bond motifs is 2. The summed E-state index contributed by atoms with van der Waals surface area (Å²) in [6, 6.07) is 15.9. The lowest BCUT2D eigenvalue weighted by atomic mass is 9.85. The van der Waals surface area contributed by atoms with E-state index < -0.39 is 0 Å². The smallest absolute Gasteiger partial charge is 0.248 e. The van der Waals surface area contributed by atoms with Crippen molar-refractivity contribution < 1.29 is 9.53 Å². The van der Waals surface area contributed by atoms with Crippen LogP contribution in [0.4, 0.5) is 5.69 Å². The van der Waals surface area contributed by atoms with Gasteiger partial charge in [0.05, 0.1) is 12.1 Å². The van der Waals surface area contributed by atoms with Crippen molar-refractivity contribution in [3.8, 4) is 5.75 Å². The van der Waals surface area contributed by atoms with Crippen LogP contribution in [0.3, 0.4) is 0 Å². The summed E-state index contributed by atoms with van der Waals surface area (Å²) in [7, 11) is 0. The van der Waals surface area contributed by atoms with E-state index in [2.05, 4.69) is 49.3 Å². The van der Waals surface area contributed by atoms with Crippen molar-refractivity contribution in [2.24, 2.45) is 0 Å². The summed E-state index contributed by atoms with van der Waals surface area (Å²) in [6.45, 7) is 7.13. The second-order valence-electron chi connectivity index (χ2n) is 8.13. The highest BCUT2D eigenvalue weighted by atomic mass is 16.5. The molecule has 0 saturated heterocycles. The van der Waals surface area contributed by atoms with Crippen molar-refractivity contribution in [3.63, 3.8) is 0 Å². The Morgan fingerprint density at radius 1 is 1.14 bits per heavy atom. The van der Waals surface area contributed by atoms with E-state index in [1.807, 2.05) is 30.3 Å². The summed E-state index contributed by atoms with van der Waals surface area (Å²) >= 11 is 0. The molecule has 1 amide bonds. The molecule has 0 spiro atoms. The quantitative estimate of drug-likeness (QED) is 0.618. The number of nitrogens with one attached hydrogen (secondary N) is 1. The van der Waals surface area contributed by atoms with Crippen molar-refractivity contribution in [1.29, 1.82) is 0 Å². The Balaban J connectivity index is 1.58. The summed E-state index contributed by atoms with van der Waals surface area (Å²) in [6.07, 6.45) is 4.15. The number of carbonyl (C=O) groups is 1. The molecule has 0 bridgehead atoms. The molecule has 0 radical (unpaired) electrons. The van der Waals surface area contributed by atoms with Gasteiger partial charge >= 0.3 is 0 Å². The van der Waals surface area contributed by atoms with Gasteiger partial charge in [-0.2, -0.15) is 0 Å². The minimum absolute atomic E-state index is 0.0568. The lowest BCUT2D eigenvalue weighted by molar-refractivity contribution is -0.111. The highest BCUT2D eigenvalue weighted by Crippen LogP contribution is 2.36. The molecule has 1 N–H and O–H groups in total. The van der Waals surface area contributed by atoms with Gasteiger partial charge in [-0.15, -0.1) is 0 Å². The van der Waals surface area contributed by atoms with Crippen LogP contribution in [0.5, 0.6) is 5.75 Å². The molecule has 0 fully saturated rings. The summed E-state index contributed by atoms with van der Waals surface area (Å²) < 4.78 is 5.86. The first-order chi connectivity index (χ1) is 13.4. The molecule has 0 atom stereocenters. The fraction of sp³-hybridized carbons (Fsp3) is 0.250. The Labute approximate surface area is 165 Å². The van der Waals surface area contributed by atoms with Crippen LogP contribution < -0.4 is 10.1 Å². The first-order valence-corrected chi connectivity index (χ1v) is 9.54. The van der Waals surface area contributed by atoms with Crippen LogP contribution in [0.25, 0.3) is 16.5 Å². The molecular formula is C24H24N2O2. The number of benzene rings is 2. The fourth-order valence-electron chi connectivity index (χ4n) is 3.41. The molecule has 4 nitrogen and oxygen atoms in total. The van der Waals surface area contributed by atoms with Crippen LogP contribution in [0.2, 0.25) is 0 Å². The van der Waals surface area contributed by atoms with E-state index in [1.54, 1.807) is 12.3 Å². The van der Waals surface area contributed by atoms with Crippen LogP contribution >= 0.6 is 0 Å². The van der Waals surface area contributed by atoms with Gasteiger partial charge in [-0.25, -0.2) is 0 Å². The normalized spacial score (nSPS) is 15.2. The Bertz CT molecular complexity index is 1080. The third-order valence-electron chi connectivity index (χ3n) is 5.00. The van der Waals surface area contributed by atoms with Crippen LogP contribution in [-0.2, 0) is 10.2 Å². The first kappa shape index (κ1) is 18.2. The molecule has 0 aliphatic carbocycles. The largest absolute Gasteiger partial charge is 0.493 e. The van der Waals surface area contributed by atoms with E-state index in [9.17, 15) is 4.79 Å². The SMILES string of the molecule is CC(C)(C)c1ccc2c(c1)OCC/C2=C\C(=O)Nc1ccc2cccnc2c1. The van der Waals surface area contributed by atoms with Crippen LogP contribution in [0.15, 0.2) is 60.8 Å². The van der Waals surface area contributed by atoms with E-state index in [-0.39, 0.29) is 11.3 Å². The summed E-state index contributed by atoms with van der Waals surface area (Å²) in [4.78, 5) is 16.9. The lowest BCUT2D eigenvalue weighted by Crippen LogP contribution is -2.15. The highest BCUT2D eigenvalue weighted by Gasteiger charge is 2.20. The molecule has 28 heavy (non-hydrogen) atoms. The van der Waals surface area contributed by atoms with Gasteiger partial charge in [0.1, 0.15) is 5.75 Å². The fourth-order valence-corrected chi connectivity index (χ4v) is 3.41. The molecule has 1 aliphatic rings. The molecule has 3 aromatic rings. The van der Waals surface area contributed by atoms with Crippen LogP contribution in [0, 0.1) is 0 Å². The van der Waals surface area contributed by atoms with E-state index in [0.29, 0.717) is 13.0 Å². The Hall–Kier alpha value is -3.14. The number of nitrogens with zero attached hydrogens (tertiary/aromatic N) is 1. The van der Waals surface area contributed by atoms with Gasteiger partial charge in [-0.05, 0) is 40.8 Å². The highest BCUT2D eigenvalue weighted by molar-refractivity contribution is 6.05. The minimum atomic E-state index is -0.141. The van der Waals surface area contributed by atoms with Gasteiger partial charge in [0.15, 0.2) is 0 Å². The zero-order chi connectivity index (χ0) is 19.7. The van der Waals surface area contributed by atoms with Gasteiger partial charge in [0, 0.05) is 35.3 Å². The number of carbonyl (C=O) groups excluding carboxylic acids is 1. The van der Waals surface area contributed by atoms with Gasteiger partial charge in [0.25, 0.3) is 0 Å². The second-order valence-corrected chi connectivity index (χ2v) is 8.13. The van der Waals surface area contributed by atoms with E-state index in [1.165, 1.54) is 5.56 Å². The number of rotatable bonds is 2. The van der Waals surface area contributed by atoms with Crippen LogP contribution in [0.1, 0.15) is 38.3 Å². The maximum Gasteiger partial charge on any atom is 0.248 e. The molecule has 0 unspecified atom stereocenters. The second kappa shape index (κ2) is 7.12. The monoisotopic (exact) mass is 372 g/mol. The number of amides is 1. The van der Waals surface area contributed by atoms with Crippen molar-refractivity contribution in [2.75, 3.05) is 11.9 Å². The maximum absolute atomic E-state index is 12.6. The predicted molar refractivity (Wildman–Crippen MR) is 114 cm³/mol. The summed E-state index contributed by atoms with van der Waals surface area (Å²) in [5, 5.41) is 4.00. The molecule has 1 aromatic heterocycles. The molecule has 142 valence electrons. The van der Waals surface area contributed by atoms with Gasteiger partial charge in [-0.1, -0.05) is 45.0 Å². The van der Waals surface area contributed by atoms with Crippen molar-refractivity contribution in [2.45, 2.75) is 32.6 Å². The number of aromatic nitrogens is 1. The van der Waals surface area contributed by atoms with Gasteiger partial charge in [-0.3, -0.25) is 9.78 Å². The molecule has 2 aromatic carbocycles. The molecular weight excluding hydrogens is 348 g/mol. The topological polar surface area (TPSA) is 51.2 Å². The maximum atomic E-state index is 12.6. The van der Waals surface area contributed by atoms with E-state index >= 15 is 0 Å². The predicted octanol–water partition coefficient (Wildman–Crippen LogP) is 5.34. The standard InChI is InChI=1S/C24H24N2O2/c1-24(2,3)18-7-9-20-17(10-12-28-22(20)14-18)13-23(27)26-19-8-6-16-5-4-11-25-21(16)15-19/h4-9,11,13-15H,10,12H2,1-3H3,(H,26,27)/b17-13+. The average molecular weight is 372 g/mol. The third-order valence-corrected chi connectivity index (χ3v) is 5.00. The van der Waals surface area contributed by atoms with E-state index in [0.717, 1.165) is 33.5 Å². The van der Waals surface area contributed by atoms with Crippen molar-refractivity contribution in [3.05, 3.63) is 71.9 Å². The minimum Gasteiger partial charge on any atom is -0.493 e. The van der Waals surface area contributed by atoms with Gasteiger partial charge < -0.3 is 10.1 Å². The van der Waals surface area contributed by atoms with Crippen LogP contribution in [-0.4, -0.2) is 17.5 Å². The third kappa shape index (κ3) is 3.77. The van der Waals surface area contributed by atoms with Crippen molar-refractivity contribution >= 4 is 28.1 Å². The number of anilines is 1. The average Bonchev–Trinajstić information content (AvgIpc) is 2.67. The zero-order valence-corrected chi connectivity index (χ0v) is 16.5. The van der Waals surface area contributed by atoms with E-state index in [4.69, 9.17) is 4.74 Å². The van der Waals surface area contributed by atoms with Crippen molar-refractivity contribution in [1.82, 2.24) is 4.98 Å². The Morgan fingerprint density at radius 2 is 2.00 bits per heavy atom. The lowest BCUT2D eigenvalue weighted by Gasteiger charge is -2.25. The number of pyridine rings is 1. The molecule has 2 heterocycles. The number of hydrogen-bond donors (Lipinski definition) is 1. The molecule has 4 rings (SSSR count). The summed E-state index contributed by atoms with van der Waals surface area (Å²) in [5.74, 6) is 0.714. The zero-order valence-electron chi connectivity index (χ0n) is 16.5. The number of ether oxygens (including phenoxy) is 1. The molecule has 0 saturated carbocycles. The molecule has 1 aliphatic heterocycles.